The molecule has 1 aromatic heterocycles. The van der Waals surface area contributed by atoms with Gasteiger partial charge in [0.05, 0.1) is 12.7 Å². The molecule has 27 heavy (non-hydrogen) atoms. The van der Waals surface area contributed by atoms with Crippen LogP contribution in [0.25, 0.3) is 0 Å². The Labute approximate surface area is 159 Å². The molecule has 0 radical (unpaired) electrons. The van der Waals surface area contributed by atoms with Gasteiger partial charge in [-0.2, -0.15) is 0 Å². The number of piperazine rings is 1. The molecule has 0 aliphatic carbocycles. The zero-order chi connectivity index (χ0) is 18.8. The van der Waals surface area contributed by atoms with E-state index < -0.39 is 6.04 Å². The Bertz CT molecular complexity index is 812. The number of para-hydroxylation sites is 1. The van der Waals surface area contributed by atoms with E-state index in [1.165, 1.54) is 5.56 Å². The first-order chi connectivity index (χ1) is 13.1. The predicted octanol–water partition coefficient (Wildman–Crippen LogP) is 1.18. The van der Waals surface area contributed by atoms with Gasteiger partial charge in [0, 0.05) is 50.8 Å². The fourth-order valence-corrected chi connectivity index (χ4v) is 3.87. The lowest BCUT2D eigenvalue weighted by atomic mass is 10.1. The van der Waals surface area contributed by atoms with E-state index in [-0.39, 0.29) is 18.2 Å². The van der Waals surface area contributed by atoms with E-state index in [1.807, 2.05) is 28.0 Å². The van der Waals surface area contributed by atoms with Crippen molar-refractivity contribution in [3.63, 3.8) is 0 Å². The lowest BCUT2D eigenvalue weighted by molar-refractivity contribution is -0.136. The number of imidazole rings is 1. The topological polar surface area (TPSA) is 61.7 Å². The highest BCUT2D eigenvalue weighted by Gasteiger charge is 2.33. The van der Waals surface area contributed by atoms with Gasteiger partial charge in [-0.05, 0) is 25.1 Å². The molecule has 7 heteroatoms. The summed E-state index contributed by atoms with van der Waals surface area (Å²) in [6.45, 7) is 3.83. The van der Waals surface area contributed by atoms with Crippen LogP contribution in [-0.4, -0.2) is 70.9 Å². The molecule has 3 heterocycles. The summed E-state index contributed by atoms with van der Waals surface area (Å²) in [4.78, 5) is 36.2. The molecule has 2 aliphatic rings. The van der Waals surface area contributed by atoms with Gasteiger partial charge in [-0.3, -0.25) is 9.59 Å². The van der Waals surface area contributed by atoms with E-state index in [4.69, 9.17) is 0 Å². The van der Waals surface area contributed by atoms with Crippen LogP contribution in [0.4, 0.5) is 5.69 Å². The molecule has 2 aromatic rings. The summed E-state index contributed by atoms with van der Waals surface area (Å²) >= 11 is 0. The Morgan fingerprint density at radius 3 is 2.63 bits per heavy atom. The first-order valence-electron chi connectivity index (χ1n) is 9.46. The summed E-state index contributed by atoms with van der Waals surface area (Å²) in [6, 6.07) is 7.42. The quantitative estimate of drug-likeness (QED) is 0.814. The number of carbonyl (C=O) groups is 2. The Morgan fingerprint density at radius 2 is 1.89 bits per heavy atom. The van der Waals surface area contributed by atoms with Crippen LogP contribution in [0.1, 0.15) is 18.0 Å². The maximum absolute atomic E-state index is 13.4. The minimum Gasteiger partial charge on any atom is -0.340 e. The lowest BCUT2D eigenvalue weighted by Gasteiger charge is -2.33. The molecule has 4 rings (SSSR count). The molecule has 0 N–H and O–H groups in total. The average molecular weight is 367 g/mol. The number of aromatic nitrogens is 2. The van der Waals surface area contributed by atoms with E-state index in [2.05, 4.69) is 23.0 Å². The number of hydrogen-bond acceptors (Lipinski definition) is 4. The minimum absolute atomic E-state index is 0.0302. The molecule has 1 fully saturated rings. The molecule has 0 bridgehead atoms. The van der Waals surface area contributed by atoms with Crippen LogP contribution >= 0.6 is 0 Å². The summed E-state index contributed by atoms with van der Waals surface area (Å²) in [5.74, 6) is -0.0111. The molecule has 2 aliphatic heterocycles. The van der Waals surface area contributed by atoms with Crippen molar-refractivity contribution >= 4 is 17.5 Å². The highest BCUT2D eigenvalue weighted by atomic mass is 16.2. The number of rotatable bonds is 4. The van der Waals surface area contributed by atoms with Crippen molar-refractivity contribution in [3.8, 4) is 0 Å². The second-order valence-corrected chi connectivity index (χ2v) is 7.28. The van der Waals surface area contributed by atoms with E-state index >= 15 is 0 Å². The van der Waals surface area contributed by atoms with Crippen LogP contribution in [0.5, 0.6) is 0 Å². The third-order valence-corrected chi connectivity index (χ3v) is 5.55. The fraction of sp³-hybridized carbons (Fsp3) is 0.450. The Hall–Kier alpha value is -2.67. The van der Waals surface area contributed by atoms with Gasteiger partial charge in [-0.1, -0.05) is 18.2 Å². The predicted molar refractivity (Wildman–Crippen MR) is 102 cm³/mol. The molecule has 1 unspecified atom stereocenters. The summed E-state index contributed by atoms with van der Waals surface area (Å²) < 4.78 is 1.76. The summed E-state index contributed by atoms with van der Waals surface area (Å²) in [5.41, 5.74) is 2.14. The largest absolute Gasteiger partial charge is 0.340 e. The van der Waals surface area contributed by atoms with Gasteiger partial charge in [-0.25, -0.2) is 4.98 Å². The molecule has 2 amide bonds. The number of likely N-dealkylation sites (N-methyl/N-ethyl adjacent to an activating group) is 1. The standard InChI is InChI=1S/C20H25N5O2/c1-22-10-12-23(13-11-22)19(26)14-18(24-9-7-21-15-24)20(27)25-8-6-16-4-2-3-5-17(16)25/h2-5,7,9,15,18H,6,8,10-14H2,1H3. The van der Waals surface area contributed by atoms with Gasteiger partial charge in [0.15, 0.2) is 0 Å². The summed E-state index contributed by atoms with van der Waals surface area (Å²) in [7, 11) is 2.06. The van der Waals surface area contributed by atoms with E-state index in [0.29, 0.717) is 19.6 Å². The van der Waals surface area contributed by atoms with E-state index in [1.54, 1.807) is 23.3 Å². The zero-order valence-electron chi connectivity index (χ0n) is 15.6. The molecule has 1 aromatic carbocycles. The second-order valence-electron chi connectivity index (χ2n) is 7.28. The third-order valence-electron chi connectivity index (χ3n) is 5.55. The van der Waals surface area contributed by atoms with Crippen molar-refractivity contribution in [1.82, 2.24) is 19.4 Å². The Balaban J connectivity index is 1.54. The van der Waals surface area contributed by atoms with E-state index in [0.717, 1.165) is 25.2 Å². The number of benzene rings is 1. The SMILES string of the molecule is CN1CCN(C(=O)CC(C(=O)N2CCc3ccccc32)n2ccnc2)CC1. The van der Waals surface area contributed by atoms with Crippen LogP contribution in [-0.2, 0) is 16.0 Å². The Kier molecular flexibility index (Phi) is 4.94. The monoisotopic (exact) mass is 367 g/mol. The second kappa shape index (κ2) is 7.52. The van der Waals surface area contributed by atoms with Crippen molar-refractivity contribution in [2.45, 2.75) is 18.9 Å². The number of anilines is 1. The van der Waals surface area contributed by atoms with Crippen molar-refractivity contribution < 1.29 is 9.59 Å². The normalized spacial score (nSPS) is 18.4. The maximum Gasteiger partial charge on any atom is 0.250 e. The molecule has 1 atom stereocenters. The lowest BCUT2D eigenvalue weighted by Crippen LogP contribution is -2.48. The van der Waals surface area contributed by atoms with Crippen molar-refractivity contribution in [1.29, 1.82) is 0 Å². The molecule has 0 spiro atoms. The first kappa shape index (κ1) is 17.7. The van der Waals surface area contributed by atoms with Gasteiger partial charge in [-0.15, -0.1) is 0 Å². The van der Waals surface area contributed by atoms with Crippen LogP contribution in [0.15, 0.2) is 43.0 Å². The highest BCUT2D eigenvalue weighted by molar-refractivity contribution is 6.00. The van der Waals surface area contributed by atoms with Gasteiger partial charge in [0.25, 0.3) is 5.91 Å². The molecular weight excluding hydrogens is 342 g/mol. The number of amides is 2. The van der Waals surface area contributed by atoms with Gasteiger partial charge in [0.2, 0.25) is 5.91 Å². The Morgan fingerprint density at radius 1 is 1.11 bits per heavy atom. The molecule has 0 saturated carbocycles. The third kappa shape index (κ3) is 3.60. The van der Waals surface area contributed by atoms with Gasteiger partial charge in [0.1, 0.15) is 6.04 Å². The van der Waals surface area contributed by atoms with Crippen LogP contribution in [0, 0.1) is 0 Å². The fourth-order valence-electron chi connectivity index (χ4n) is 3.87. The number of nitrogens with zero attached hydrogens (tertiary/aromatic N) is 5. The first-order valence-corrected chi connectivity index (χ1v) is 9.46. The molecular formula is C20H25N5O2. The van der Waals surface area contributed by atoms with Gasteiger partial charge >= 0.3 is 0 Å². The van der Waals surface area contributed by atoms with Crippen LogP contribution in [0.3, 0.4) is 0 Å². The molecule has 1 saturated heterocycles. The van der Waals surface area contributed by atoms with E-state index in [9.17, 15) is 9.59 Å². The van der Waals surface area contributed by atoms with Crippen LogP contribution in [0.2, 0.25) is 0 Å². The van der Waals surface area contributed by atoms with Crippen molar-refractivity contribution in [2.24, 2.45) is 0 Å². The minimum atomic E-state index is -0.564. The van der Waals surface area contributed by atoms with Crippen molar-refractivity contribution in [3.05, 3.63) is 48.5 Å². The highest BCUT2D eigenvalue weighted by Crippen LogP contribution is 2.30. The van der Waals surface area contributed by atoms with Crippen LogP contribution < -0.4 is 4.90 Å². The molecule has 142 valence electrons. The summed E-state index contributed by atoms with van der Waals surface area (Å²) in [5, 5.41) is 0. The number of fused-ring (bicyclic) bond motifs is 1. The zero-order valence-corrected chi connectivity index (χ0v) is 15.6. The number of hydrogen-bond donors (Lipinski definition) is 0. The van der Waals surface area contributed by atoms with Gasteiger partial charge < -0.3 is 19.3 Å². The average Bonchev–Trinajstić information content (AvgIpc) is 3.36. The summed E-state index contributed by atoms with van der Waals surface area (Å²) in [6.07, 6.45) is 6.06. The van der Waals surface area contributed by atoms with Crippen molar-refractivity contribution in [2.75, 3.05) is 44.7 Å². The maximum atomic E-state index is 13.4. The number of carbonyl (C=O) groups excluding carboxylic acids is 2. The smallest absolute Gasteiger partial charge is 0.250 e. The molecule has 7 nitrogen and oxygen atoms in total.